The molecular weight excluding hydrogens is 697 g/mol. The minimum atomic E-state index is -0.674. The second kappa shape index (κ2) is 11.1. The SMILES string of the molecule is O=C1C2Cc3cc4c(cc3CC2C(=O)N1c1ccccc1)CC1(C4)C(=O)C2(Cc3cc4c(cc3C2)CC2C(=O)N(c3ccccc3)C(=O)C2C4)c2ccccc21. The third-order valence-electron chi connectivity index (χ3n) is 14.7. The van der Waals surface area contributed by atoms with Crippen molar-refractivity contribution in [3.8, 4) is 0 Å². The molecule has 5 aliphatic carbocycles. The molecule has 0 bridgehead atoms. The maximum Gasteiger partial charge on any atom is 0.238 e. The van der Waals surface area contributed by atoms with Crippen LogP contribution in [-0.2, 0) is 86.2 Å². The zero-order valence-electron chi connectivity index (χ0n) is 30.8. The highest BCUT2D eigenvalue weighted by atomic mass is 16.2. The molecule has 4 atom stereocenters. The van der Waals surface area contributed by atoms with Gasteiger partial charge in [-0.25, -0.2) is 0 Å². The Morgan fingerprint density at radius 3 is 0.964 bits per heavy atom. The molecule has 0 radical (unpaired) electrons. The normalized spacial score (nSPS) is 29.1. The molecule has 4 unspecified atom stereocenters. The second-order valence-electron chi connectivity index (χ2n) is 17.5. The minimum Gasteiger partial charge on any atom is -0.298 e. The average Bonchev–Trinajstić information content (AvgIpc) is 3.96. The van der Waals surface area contributed by atoms with Gasteiger partial charge >= 0.3 is 0 Å². The van der Waals surface area contributed by atoms with E-state index in [4.69, 9.17) is 0 Å². The van der Waals surface area contributed by atoms with Crippen LogP contribution in [0.15, 0.2) is 109 Å². The summed E-state index contributed by atoms with van der Waals surface area (Å²) in [5, 5.41) is 0. The number of para-hydroxylation sites is 2. The first kappa shape index (κ1) is 32.3. The first-order chi connectivity index (χ1) is 27.2. The van der Waals surface area contributed by atoms with Gasteiger partial charge in [0.25, 0.3) is 0 Å². The lowest BCUT2D eigenvalue weighted by molar-refractivity contribution is -0.128. The lowest BCUT2D eigenvalue weighted by Gasteiger charge is -2.27. The van der Waals surface area contributed by atoms with Gasteiger partial charge in [-0.15, -0.1) is 0 Å². The quantitative estimate of drug-likeness (QED) is 0.203. The number of imide groups is 2. The molecule has 0 N–H and O–H groups in total. The molecule has 2 heterocycles. The smallest absolute Gasteiger partial charge is 0.238 e. The van der Waals surface area contributed by atoms with Crippen LogP contribution in [0.1, 0.15) is 55.6 Å². The van der Waals surface area contributed by atoms with Gasteiger partial charge in [-0.05, 0) is 131 Å². The number of carbonyl (C=O) groups excluding carboxylic acids is 5. The molecule has 2 aliphatic heterocycles. The molecular formula is C49H38N2O5. The molecule has 5 aromatic rings. The number of fused-ring (bicyclic) bond motifs is 9. The van der Waals surface area contributed by atoms with Crippen molar-refractivity contribution in [2.24, 2.45) is 23.7 Å². The molecule has 5 aromatic carbocycles. The molecule has 2 saturated heterocycles. The van der Waals surface area contributed by atoms with Gasteiger partial charge in [0.05, 0.1) is 45.9 Å². The van der Waals surface area contributed by atoms with Gasteiger partial charge in [-0.2, -0.15) is 0 Å². The summed E-state index contributed by atoms with van der Waals surface area (Å²) in [5.74, 6) is -1.67. The first-order valence-electron chi connectivity index (χ1n) is 20.0. The Morgan fingerprint density at radius 2 is 0.661 bits per heavy atom. The molecule has 0 saturated carbocycles. The topological polar surface area (TPSA) is 91.8 Å². The van der Waals surface area contributed by atoms with E-state index in [9.17, 15) is 19.2 Å². The summed E-state index contributed by atoms with van der Waals surface area (Å²) in [4.78, 5) is 72.9. The van der Waals surface area contributed by atoms with Crippen LogP contribution in [0.5, 0.6) is 0 Å². The predicted molar refractivity (Wildman–Crippen MR) is 209 cm³/mol. The van der Waals surface area contributed by atoms with Crippen LogP contribution >= 0.6 is 0 Å². The summed E-state index contributed by atoms with van der Waals surface area (Å²) in [6.45, 7) is 0. The summed E-state index contributed by atoms with van der Waals surface area (Å²) < 4.78 is 0. The summed E-state index contributed by atoms with van der Waals surface area (Å²) in [7, 11) is 0. The molecule has 274 valence electrons. The fraction of sp³-hybridized carbons (Fsp3) is 0.286. The van der Waals surface area contributed by atoms with Crippen LogP contribution in [0.3, 0.4) is 0 Å². The average molecular weight is 735 g/mol. The van der Waals surface area contributed by atoms with E-state index in [0.717, 1.165) is 33.4 Å². The van der Waals surface area contributed by atoms with Crippen molar-refractivity contribution in [1.29, 1.82) is 0 Å². The highest BCUT2D eigenvalue weighted by Gasteiger charge is 2.63. The van der Waals surface area contributed by atoms with E-state index >= 15 is 4.79 Å². The summed E-state index contributed by atoms with van der Waals surface area (Å²) >= 11 is 0. The first-order valence-corrected chi connectivity index (χ1v) is 20.0. The van der Waals surface area contributed by atoms with Crippen LogP contribution in [-0.4, -0.2) is 29.4 Å². The van der Waals surface area contributed by atoms with E-state index < -0.39 is 10.8 Å². The van der Waals surface area contributed by atoms with Crippen molar-refractivity contribution in [2.45, 2.75) is 62.2 Å². The highest BCUT2D eigenvalue weighted by Crippen LogP contribution is 2.58. The Labute approximate surface area is 324 Å². The Morgan fingerprint density at radius 1 is 0.375 bits per heavy atom. The van der Waals surface area contributed by atoms with E-state index in [2.05, 4.69) is 48.5 Å². The molecule has 12 rings (SSSR count). The molecule has 7 heteroatoms. The monoisotopic (exact) mass is 734 g/mol. The van der Waals surface area contributed by atoms with Crippen molar-refractivity contribution in [1.82, 2.24) is 0 Å². The number of amides is 4. The standard InChI is InChI=1S/C49H38N2O5/c52-43-37-19-27-15-31-23-48(24-32(31)16-28(27)20-38(37)44(53)50(43)35-9-3-1-4-10-35)41-13-7-8-14-42(41)49(47(48)56)25-33-17-29-21-39-40(22-30(29)18-34(33)26-49)46(55)51(45(39)54)36-11-5-2-6-12-36/h1-18,37-40H,19-26H2. The zero-order valence-corrected chi connectivity index (χ0v) is 30.8. The number of benzene rings is 5. The Bertz CT molecular complexity index is 2360. The number of ketones is 1. The van der Waals surface area contributed by atoms with Crippen molar-refractivity contribution in [2.75, 3.05) is 9.80 Å². The van der Waals surface area contributed by atoms with Gasteiger partial charge in [-0.1, -0.05) is 84.9 Å². The third kappa shape index (κ3) is 4.10. The lowest BCUT2D eigenvalue weighted by atomic mass is 9.72. The van der Waals surface area contributed by atoms with Crippen molar-refractivity contribution < 1.29 is 24.0 Å². The third-order valence-corrected chi connectivity index (χ3v) is 14.7. The van der Waals surface area contributed by atoms with Crippen LogP contribution in [0.25, 0.3) is 0 Å². The second-order valence-corrected chi connectivity index (χ2v) is 17.5. The minimum absolute atomic E-state index is 0.117. The summed E-state index contributed by atoms with van der Waals surface area (Å²) in [6, 6.07) is 35.9. The molecule has 7 nitrogen and oxygen atoms in total. The van der Waals surface area contributed by atoms with E-state index in [1.165, 1.54) is 32.1 Å². The highest BCUT2D eigenvalue weighted by molar-refractivity contribution is 6.23. The molecule has 56 heavy (non-hydrogen) atoms. The largest absolute Gasteiger partial charge is 0.298 e. The van der Waals surface area contributed by atoms with Crippen molar-refractivity contribution in [3.63, 3.8) is 0 Å². The lowest BCUT2D eigenvalue weighted by Crippen LogP contribution is -2.43. The van der Waals surface area contributed by atoms with Crippen molar-refractivity contribution in [3.05, 3.63) is 165 Å². The number of nitrogens with zero attached hydrogens (tertiary/aromatic N) is 2. The summed E-state index contributed by atoms with van der Waals surface area (Å²) in [5.41, 5.74) is 11.4. The number of Topliss-reactive ketones (excluding diaryl/α,β-unsaturated/α-hetero) is 1. The molecule has 2 fully saturated rings. The van der Waals surface area contributed by atoms with E-state index in [-0.39, 0.29) is 53.1 Å². The van der Waals surface area contributed by atoms with E-state index in [1.807, 2.05) is 60.7 Å². The van der Waals surface area contributed by atoms with Gasteiger partial charge in [0.1, 0.15) is 0 Å². The Balaban J connectivity index is 0.845. The maximum atomic E-state index is 15.4. The van der Waals surface area contributed by atoms with Gasteiger partial charge in [-0.3, -0.25) is 33.8 Å². The molecule has 0 aromatic heterocycles. The number of rotatable bonds is 2. The van der Waals surface area contributed by atoms with Crippen LogP contribution in [0.2, 0.25) is 0 Å². The Hall–Kier alpha value is -5.95. The predicted octanol–water partition coefficient (Wildman–Crippen LogP) is 6.15. The maximum absolute atomic E-state index is 15.4. The Kier molecular flexibility index (Phi) is 6.40. The zero-order chi connectivity index (χ0) is 37.7. The number of hydrogen-bond acceptors (Lipinski definition) is 5. The van der Waals surface area contributed by atoms with E-state index in [0.29, 0.717) is 62.7 Å². The number of carbonyl (C=O) groups is 5. The summed E-state index contributed by atoms with van der Waals surface area (Å²) in [6.07, 6.45) is 4.64. The molecule has 2 spiro atoms. The van der Waals surface area contributed by atoms with Crippen molar-refractivity contribution >= 4 is 40.8 Å². The fourth-order valence-electron chi connectivity index (χ4n) is 12.2. The van der Waals surface area contributed by atoms with Gasteiger partial charge in [0.2, 0.25) is 23.6 Å². The number of hydrogen-bond donors (Lipinski definition) is 0. The van der Waals surface area contributed by atoms with E-state index in [1.54, 1.807) is 0 Å². The van der Waals surface area contributed by atoms with Gasteiger partial charge < -0.3 is 0 Å². The van der Waals surface area contributed by atoms with Crippen LogP contribution in [0.4, 0.5) is 11.4 Å². The number of anilines is 2. The van der Waals surface area contributed by atoms with Gasteiger partial charge in [0.15, 0.2) is 5.78 Å². The van der Waals surface area contributed by atoms with Gasteiger partial charge in [0, 0.05) is 0 Å². The molecule has 7 aliphatic rings. The van der Waals surface area contributed by atoms with Crippen LogP contribution in [0, 0.1) is 23.7 Å². The van der Waals surface area contributed by atoms with Crippen LogP contribution < -0.4 is 9.80 Å². The molecule has 4 amide bonds. The fourth-order valence-corrected chi connectivity index (χ4v) is 12.2.